The molecule has 28 heavy (non-hydrogen) atoms. The Balaban J connectivity index is 1.91. The molecule has 2 aromatic carbocycles. The number of sulfonamides is 1. The van der Waals surface area contributed by atoms with E-state index in [1.807, 2.05) is 0 Å². The number of nitrogens with one attached hydrogen (secondary N) is 2. The van der Waals surface area contributed by atoms with Gasteiger partial charge in [0.15, 0.2) is 0 Å². The first-order valence-corrected chi connectivity index (χ1v) is 10.2. The third-order valence-corrected chi connectivity index (χ3v) is 6.01. The van der Waals surface area contributed by atoms with Gasteiger partial charge in [-0.3, -0.25) is 4.79 Å². The number of hydrogen-bond acceptors (Lipinski definition) is 5. The number of methoxy groups -OCH3 is 1. The molecule has 150 valence electrons. The molecule has 1 saturated heterocycles. The average Bonchev–Trinajstić information content (AvgIpc) is 3.16. The number of carbonyl (C=O) groups excluding carboxylic acids is 1. The zero-order chi connectivity index (χ0) is 20.3. The summed E-state index contributed by atoms with van der Waals surface area (Å²) in [5, 5.41) is 2.37. The van der Waals surface area contributed by atoms with E-state index in [0.29, 0.717) is 13.0 Å². The van der Waals surface area contributed by atoms with Gasteiger partial charge < -0.3 is 14.8 Å². The van der Waals surface area contributed by atoms with Crippen LogP contribution in [0, 0.1) is 5.82 Å². The van der Waals surface area contributed by atoms with E-state index in [-0.39, 0.29) is 39.6 Å². The van der Waals surface area contributed by atoms with Gasteiger partial charge in [-0.2, -0.15) is 0 Å². The van der Waals surface area contributed by atoms with Gasteiger partial charge in [-0.1, -0.05) is 17.7 Å². The number of anilines is 1. The molecule has 0 radical (unpaired) electrons. The van der Waals surface area contributed by atoms with E-state index in [1.165, 1.54) is 37.4 Å². The molecule has 0 bridgehead atoms. The first kappa shape index (κ1) is 20.5. The smallest absolute Gasteiger partial charge is 0.259 e. The van der Waals surface area contributed by atoms with Crippen LogP contribution in [0.4, 0.5) is 10.1 Å². The minimum Gasteiger partial charge on any atom is -0.496 e. The van der Waals surface area contributed by atoms with Crippen LogP contribution in [0.1, 0.15) is 16.8 Å². The standard InChI is InChI=1S/C18H18ClFN2O5S/c1-26-16-6-5-12(28(24,25)22-11-7-8-27-10-11)9-13(16)18(23)21-17-14(19)3-2-4-15(17)20/h2-6,9,11,22H,7-8,10H2,1H3,(H,21,23). The fourth-order valence-corrected chi connectivity index (χ4v) is 4.24. The average molecular weight is 429 g/mol. The molecular weight excluding hydrogens is 411 g/mol. The fourth-order valence-electron chi connectivity index (χ4n) is 2.74. The lowest BCUT2D eigenvalue weighted by molar-refractivity contribution is 0.102. The number of rotatable bonds is 6. The van der Waals surface area contributed by atoms with Crippen molar-refractivity contribution < 1.29 is 27.1 Å². The van der Waals surface area contributed by atoms with Crippen LogP contribution in [-0.2, 0) is 14.8 Å². The number of para-hydroxylation sites is 1. The SMILES string of the molecule is COc1ccc(S(=O)(=O)NC2CCOC2)cc1C(=O)Nc1c(F)cccc1Cl. The second-order valence-corrected chi connectivity index (χ2v) is 8.22. The van der Waals surface area contributed by atoms with Crippen LogP contribution in [-0.4, -0.2) is 40.7 Å². The Hall–Kier alpha value is -2.20. The topological polar surface area (TPSA) is 93.7 Å². The van der Waals surface area contributed by atoms with Crippen LogP contribution in [0.3, 0.4) is 0 Å². The normalized spacial score (nSPS) is 16.8. The van der Waals surface area contributed by atoms with E-state index in [2.05, 4.69) is 10.0 Å². The van der Waals surface area contributed by atoms with Crippen molar-refractivity contribution in [2.75, 3.05) is 25.6 Å². The van der Waals surface area contributed by atoms with Crippen molar-refractivity contribution in [3.63, 3.8) is 0 Å². The van der Waals surface area contributed by atoms with Gasteiger partial charge in [0.05, 0.1) is 34.9 Å². The summed E-state index contributed by atoms with van der Waals surface area (Å²) in [6, 6.07) is 7.49. The van der Waals surface area contributed by atoms with Gasteiger partial charge in [-0.25, -0.2) is 17.5 Å². The molecular formula is C18H18ClFN2O5S. The van der Waals surface area contributed by atoms with Crippen molar-refractivity contribution in [1.82, 2.24) is 4.72 Å². The van der Waals surface area contributed by atoms with Crippen LogP contribution >= 0.6 is 11.6 Å². The van der Waals surface area contributed by atoms with Crippen LogP contribution in [0.25, 0.3) is 0 Å². The Kier molecular flexibility index (Phi) is 6.19. The molecule has 1 atom stereocenters. The van der Waals surface area contributed by atoms with Gasteiger partial charge >= 0.3 is 0 Å². The molecule has 1 unspecified atom stereocenters. The highest BCUT2D eigenvalue weighted by molar-refractivity contribution is 7.89. The summed E-state index contributed by atoms with van der Waals surface area (Å²) >= 11 is 5.93. The Bertz CT molecular complexity index is 973. The molecule has 1 aliphatic heterocycles. The van der Waals surface area contributed by atoms with Crippen molar-refractivity contribution >= 4 is 33.2 Å². The van der Waals surface area contributed by atoms with E-state index in [9.17, 15) is 17.6 Å². The number of amides is 1. The van der Waals surface area contributed by atoms with Crippen molar-refractivity contribution in [3.05, 3.63) is 52.8 Å². The summed E-state index contributed by atoms with van der Waals surface area (Å²) < 4.78 is 52.0. The molecule has 1 amide bonds. The van der Waals surface area contributed by atoms with Gasteiger partial charge in [-0.05, 0) is 36.8 Å². The molecule has 0 aliphatic carbocycles. The third-order valence-electron chi connectivity index (χ3n) is 4.18. The number of halogens is 2. The van der Waals surface area contributed by atoms with Crippen LogP contribution in [0.15, 0.2) is 41.3 Å². The van der Waals surface area contributed by atoms with Crippen molar-refractivity contribution in [2.24, 2.45) is 0 Å². The van der Waals surface area contributed by atoms with E-state index in [4.69, 9.17) is 21.1 Å². The first-order chi connectivity index (χ1) is 13.3. The summed E-state index contributed by atoms with van der Waals surface area (Å²) in [4.78, 5) is 12.5. The maximum atomic E-state index is 14.0. The molecule has 3 rings (SSSR count). The molecule has 0 aromatic heterocycles. The van der Waals surface area contributed by atoms with E-state index in [0.717, 1.165) is 6.07 Å². The highest BCUT2D eigenvalue weighted by Crippen LogP contribution is 2.28. The summed E-state index contributed by atoms with van der Waals surface area (Å²) in [6.45, 7) is 0.765. The minimum atomic E-state index is -3.88. The van der Waals surface area contributed by atoms with Crippen molar-refractivity contribution in [1.29, 1.82) is 0 Å². The molecule has 0 spiro atoms. The van der Waals surface area contributed by atoms with Gasteiger partial charge in [0.1, 0.15) is 11.6 Å². The van der Waals surface area contributed by atoms with Crippen molar-refractivity contribution in [3.8, 4) is 5.75 Å². The summed E-state index contributed by atoms with van der Waals surface area (Å²) in [5.74, 6) is -1.34. The van der Waals surface area contributed by atoms with E-state index < -0.39 is 21.7 Å². The zero-order valence-electron chi connectivity index (χ0n) is 14.9. The predicted octanol–water partition coefficient (Wildman–Crippen LogP) is 2.81. The fraction of sp³-hybridized carbons (Fsp3) is 0.278. The third kappa shape index (κ3) is 4.44. The number of benzene rings is 2. The second kappa shape index (κ2) is 8.44. The Morgan fingerprint density at radius 2 is 2.11 bits per heavy atom. The largest absolute Gasteiger partial charge is 0.496 e. The quantitative estimate of drug-likeness (QED) is 0.737. The maximum absolute atomic E-state index is 14.0. The summed E-state index contributed by atoms with van der Waals surface area (Å²) in [7, 11) is -2.54. The summed E-state index contributed by atoms with van der Waals surface area (Å²) in [5.41, 5.74) is -0.280. The van der Waals surface area contributed by atoms with Gasteiger partial charge in [0.2, 0.25) is 10.0 Å². The molecule has 0 saturated carbocycles. The Morgan fingerprint density at radius 3 is 2.75 bits per heavy atom. The number of ether oxygens (including phenoxy) is 2. The predicted molar refractivity (Wildman–Crippen MR) is 102 cm³/mol. The van der Waals surface area contributed by atoms with E-state index in [1.54, 1.807) is 0 Å². The molecule has 1 fully saturated rings. The molecule has 1 heterocycles. The lowest BCUT2D eigenvalue weighted by Crippen LogP contribution is -2.35. The highest BCUT2D eigenvalue weighted by Gasteiger charge is 2.25. The molecule has 2 N–H and O–H groups in total. The number of hydrogen-bond donors (Lipinski definition) is 2. The molecule has 1 aliphatic rings. The van der Waals surface area contributed by atoms with E-state index >= 15 is 0 Å². The highest BCUT2D eigenvalue weighted by atomic mass is 35.5. The first-order valence-electron chi connectivity index (χ1n) is 8.35. The monoisotopic (exact) mass is 428 g/mol. The molecule has 2 aromatic rings. The van der Waals surface area contributed by atoms with Gasteiger partial charge in [0, 0.05) is 12.6 Å². The van der Waals surface area contributed by atoms with Crippen LogP contribution in [0.5, 0.6) is 5.75 Å². The summed E-state index contributed by atoms with van der Waals surface area (Å²) in [6.07, 6.45) is 0.564. The lowest BCUT2D eigenvalue weighted by atomic mass is 10.1. The molecule has 7 nitrogen and oxygen atoms in total. The lowest BCUT2D eigenvalue weighted by Gasteiger charge is -2.15. The van der Waals surface area contributed by atoms with Gasteiger partial charge in [-0.15, -0.1) is 0 Å². The number of carbonyl (C=O) groups is 1. The van der Waals surface area contributed by atoms with Gasteiger partial charge in [0.25, 0.3) is 5.91 Å². The van der Waals surface area contributed by atoms with Crippen LogP contribution < -0.4 is 14.8 Å². The Morgan fingerprint density at radius 1 is 1.32 bits per heavy atom. The van der Waals surface area contributed by atoms with Crippen LogP contribution in [0.2, 0.25) is 5.02 Å². The Labute approximate surface area is 166 Å². The maximum Gasteiger partial charge on any atom is 0.259 e. The molecule has 10 heteroatoms. The zero-order valence-corrected chi connectivity index (χ0v) is 16.4. The minimum absolute atomic E-state index is 0.0130. The van der Waals surface area contributed by atoms with Crippen molar-refractivity contribution in [2.45, 2.75) is 17.4 Å². The second-order valence-electron chi connectivity index (χ2n) is 6.09.